The Labute approximate surface area is 102 Å². The lowest BCUT2D eigenvalue weighted by Gasteiger charge is -2.32. The molecule has 0 aromatic carbocycles. The molecule has 0 atom stereocenters. The average molecular weight is 236 g/mol. The Hall–Kier alpha value is -1.52. The van der Waals surface area contributed by atoms with E-state index in [9.17, 15) is 0 Å². The van der Waals surface area contributed by atoms with Crippen molar-refractivity contribution in [2.24, 2.45) is 0 Å². The minimum Gasteiger partial charge on any atom is -0.490 e. The molecular weight excluding hydrogens is 216 g/mol. The lowest BCUT2D eigenvalue weighted by molar-refractivity contribution is 0.399. The van der Waals surface area contributed by atoms with Gasteiger partial charge in [-0.15, -0.1) is 0 Å². The molecule has 94 valence electrons. The molecule has 1 aromatic rings. The lowest BCUT2D eigenvalue weighted by Crippen LogP contribution is -2.34. The number of methoxy groups -OCH3 is 1. The SMILES string of the molecule is COc1c(N)ncnc1N(C)C1CCCCC1. The van der Waals surface area contributed by atoms with Crippen molar-refractivity contribution in [1.82, 2.24) is 9.97 Å². The van der Waals surface area contributed by atoms with Gasteiger partial charge in [0.1, 0.15) is 6.33 Å². The number of rotatable bonds is 3. The zero-order chi connectivity index (χ0) is 12.3. The van der Waals surface area contributed by atoms with Crippen LogP contribution in [0.1, 0.15) is 32.1 Å². The van der Waals surface area contributed by atoms with E-state index in [4.69, 9.17) is 10.5 Å². The quantitative estimate of drug-likeness (QED) is 0.867. The molecule has 0 unspecified atom stereocenters. The van der Waals surface area contributed by atoms with E-state index in [-0.39, 0.29) is 0 Å². The van der Waals surface area contributed by atoms with Crippen LogP contribution in [0.2, 0.25) is 0 Å². The minimum absolute atomic E-state index is 0.403. The van der Waals surface area contributed by atoms with Crippen LogP contribution in [0.4, 0.5) is 11.6 Å². The third-order valence-corrected chi connectivity index (χ3v) is 3.47. The first-order chi connectivity index (χ1) is 8.24. The van der Waals surface area contributed by atoms with Crippen LogP contribution in [0.3, 0.4) is 0 Å². The predicted molar refractivity (Wildman–Crippen MR) is 68.3 cm³/mol. The van der Waals surface area contributed by atoms with Crippen LogP contribution < -0.4 is 15.4 Å². The monoisotopic (exact) mass is 236 g/mol. The van der Waals surface area contributed by atoms with Crippen LogP contribution in [0.15, 0.2) is 6.33 Å². The van der Waals surface area contributed by atoms with Gasteiger partial charge in [0.2, 0.25) is 5.75 Å². The number of anilines is 2. The Balaban J connectivity index is 2.23. The number of hydrogen-bond donors (Lipinski definition) is 1. The van der Waals surface area contributed by atoms with Gasteiger partial charge >= 0.3 is 0 Å². The molecule has 0 bridgehead atoms. The van der Waals surface area contributed by atoms with E-state index in [1.807, 2.05) is 0 Å². The van der Waals surface area contributed by atoms with Crippen molar-refractivity contribution in [3.63, 3.8) is 0 Å². The van der Waals surface area contributed by atoms with Crippen LogP contribution in [0, 0.1) is 0 Å². The maximum absolute atomic E-state index is 5.80. The molecule has 5 nitrogen and oxygen atoms in total. The van der Waals surface area contributed by atoms with E-state index in [1.165, 1.54) is 38.4 Å². The molecule has 0 aliphatic heterocycles. The molecule has 17 heavy (non-hydrogen) atoms. The summed E-state index contributed by atoms with van der Waals surface area (Å²) in [7, 11) is 3.66. The second kappa shape index (κ2) is 5.21. The third-order valence-electron chi connectivity index (χ3n) is 3.47. The molecule has 2 N–H and O–H groups in total. The number of ether oxygens (including phenoxy) is 1. The topological polar surface area (TPSA) is 64.3 Å². The summed E-state index contributed by atoms with van der Waals surface area (Å²) in [6.45, 7) is 0. The zero-order valence-electron chi connectivity index (χ0n) is 10.5. The first-order valence-electron chi connectivity index (χ1n) is 6.11. The molecule has 0 radical (unpaired) electrons. The van der Waals surface area contributed by atoms with Crippen molar-refractivity contribution in [2.75, 3.05) is 24.8 Å². The summed E-state index contributed by atoms with van der Waals surface area (Å²) in [4.78, 5) is 10.4. The van der Waals surface area contributed by atoms with Gasteiger partial charge in [-0.1, -0.05) is 19.3 Å². The van der Waals surface area contributed by atoms with Gasteiger partial charge in [-0.05, 0) is 12.8 Å². The molecule has 1 saturated carbocycles. The summed E-state index contributed by atoms with van der Waals surface area (Å²) in [6.07, 6.45) is 7.84. The highest BCUT2D eigenvalue weighted by Gasteiger charge is 2.22. The van der Waals surface area contributed by atoms with Gasteiger partial charge < -0.3 is 15.4 Å². The van der Waals surface area contributed by atoms with Crippen LogP contribution in [0.25, 0.3) is 0 Å². The summed E-state index contributed by atoms with van der Waals surface area (Å²) in [6, 6.07) is 0.534. The van der Waals surface area contributed by atoms with Crippen molar-refractivity contribution >= 4 is 11.6 Å². The average Bonchev–Trinajstić information content (AvgIpc) is 2.38. The normalized spacial score (nSPS) is 16.8. The molecule has 1 aliphatic carbocycles. The van der Waals surface area contributed by atoms with Crippen LogP contribution in [-0.4, -0.2) is 30.2 Å². The maximum Gasteiger partial charge on any atom is 0.204 e. The van der Waals surface area contributed by atoms with Crippen molar-refractivity contribution in [1.29, 1.82) is 0 Å². The van der Waals surface area contributed by atoms with E-state index >= 15 is 0 Å². The fraction of sp³-hybridized carbons (Fsp3) is 0.667. The molecule has 1 heterocycles. The van der Waals surface area contributed by atoms with Gasteiger partial charge in [0.15, 0.2) is 11.6 Å². The van der Waals surface area contributed by atoms with Crippen molar-refractivity contribution in [2.45, 2.75) is 38.1 Å². The standard InChI is InChI=1S/C12H20N4O/c1-16(9-6-4-3-5-7-9)12-10(17-2)11(13)14-8-15-12/h8-9H,3-7H2,1-2H3,(H2,13,14,15). The van der Waals surface area contributed by atoms with Gasteiger partial charge in [-0.2, -0.15) is 0 Å². The summed E-state index contributed by atoms with van der Waals surface area (Å²) in [5, 5.41) is 0. The molecular formula is C12H20N4O. The van der Waals surface area contributed by atoms with Gasteiger partial charge in [0, 0.05) is 13.1 Å². The molecule has 1 aromatic heterocycles. The fourth-order valence-electron chi connectivity index (χ4n) is 2.47. The first-order valence-corrected chi connectivity index (χ1v) is 6.11. The van der Waals surface area contributed by atoms with E-state index in [2.05, 4.69) is 21.9 Å². The minimum atomic E-state index is 0.403. The highest BCUT2D eigenvalue weighted by molar-refractivity contribution is 5.62. The second-order valence-electron chi connectivity index (χ2n) is 4.52. The molecule has 0 amide bonds. The van der Waals surface area contributed by atoms with Crippen molar-refractivity contribution in [3.05, 3.63) is 6.33 Å². The first kappa shape index (κ1) is 12.0. The van der Waals surface area contributed by atoms with Crippen LogP contribution in [-0.2, 0) is 0 Å². The molecule has 0 saturated heterocycles. The molecule has 1 aliphatic rings. The predicted octanol–water partition coefficient (Wildman–Crippen LogP) is 1.84. The van der Waals surface area contributed by atoms with Crippen LogP contribution in [0.5, 0.6) is 5.75 Å². The summed E-state index contributed by atoms with van der Waals surface area (Å²) >= 11 is 0. The Bertz CT molecular complexity index is 377. The van der Waals surface area contributed by atoms with Gasteiger partial charge in [0.25, 0.3) is 0 Å². The molecule has 1 fully saturated rings. The summed E-state index contributed by atoms with van der Waals surface area (Å²) in [5.74, 6) is 1.78. The highest BCUT2D eigenvalue weighted by Crippen LogP contribution is 2.33. The molecule has 0 spiro atoms. The number of hydrogen-bond acceptors (Lipinski definition) is 5. The van der Waals surface area contributed by atoms with E-state index < -0.39 is 0 Å². The number of aromatic nitrogens is 2. The largest absolute Gasteiger partial charge is 0.490 e. The fourth-order valence-corrected chi connectivity index (χ4v) is 2.47. The Morgan fingerprint density at radius 3 is 2.65 bits per heavy atom. The van der Waals surface area contributed by atoms with E-state index in [1.54, 1.807) is 7.11 Å². The number of nitrogen functional groups attached to an aromatic ring is 1. The second-order valence-corrected chi connectivity index (χ2v) is 4.52. The molecule has 2 rings (SSSR count). The Kier molecular flexibility index (Phi) is 3.66. The summed E-state index contributed by atoms with van der Waals surface area (Å²) in [5.41, 5.74) is 5.80. The lowest BCUT2D eigenvalue weighted by atomic mass is 9.94. The van der Waals surface area contributed by atoms with E-state index in [0.717, 1.165) is 5.82 Å². The molecule has 5 heteroatoms. The van der Waals surface area contributed by atoms with Gasteiger partial charge in [-0.25, -0.2) is 9.97 Å². The number of nitrogens with two attached hydrogens (primary N) is 1. The Morgan fingerprint density at radius 1 is 1.29 bits per heavy atom. The van der Waals surface area contributed by atoms with Gasteiger partial charge in [0.05, 0.1) is 7.11 Å². The van der Waals surface area contributed by atoms with Gasteiger partial charge in [-0.3, -0.25) is 0 Å². The van der Waals surface area contributed by atoms with Crippen LogP contribution >= 0.6 is 0 Å². The number of nitrogens with zero attached hydrogens (tertiary/aromatic N) is 3. The van der Waals surface area contributed by atoms with Crippen molar-refractivity contribution < 1.29 is 4.74 Å². The zero-order valence-corrected chi connectivity index (χ0v) is 10.5. The highest BCUT2D eigenvalue weighted by atomic mass is 16.5. The van der Waals surface area contributed by atoms with Crippen molar-refractivity contribution in [3.8, 4) is 5.75 Å². The smallest absolute Gasteiger partial charge is 0.204 e. The maximum atomic E-state index is 5.80. The Morgan fingerprint density at radius 2 is 2.00 bits per heavy atom. The third kappa shape index (κ3) is 2.43. The summed E-state index contributed by atoms with van der Waals surface area (Å²) < 4.78 is 5.30. The van der Waals surface area contributed by atoms with E-state index in [0.29, 0.717) is 17.6 Å².